The highest BCUT2D eigenvalue weighted by atomic mass is 16.5. The maximum absolute atomic E-state index is 5.22. The summed E-state index contributed by atoms with van der Waals surface area (Å²) in [5.41, 5.74) is 21.8. The van der Waals surface area contributed by atoms with Crippen LogP contribution in [0.15, 0.2) is 120 Å². The number of piperidine rings is 2. The molecule has 1 atom stereocenters. The second kappa shape index (κ2) is 27.3. The summed E-state index contributed by atoms with van der Waals surface area (Å²) in [5, 5.41) is 3.47. The van der Waals surface area contributed by atoms with Gasteiger partial charge in [0.05, 0.1) is 37.2 Å². The summed E-state index contributed by atoms with van der Waals surface area (Å²) in [7, 11) is 0. The highest BCUT2D eigenvalue weighted by molar-refractivity contribution is 6.09. The topological polar surface area (TPSA) is 73.0 Å². The first kappa shape index (κ1) is 52.4. The van der Waals surface area contributed by atoms with Crippen LogP contribution in [0.5, 0.6) is 0 Å². The van der Waals surface area contributed by atoms with Crippen molar-refractivity contribution in [2.24, 2.45) is 16.8 Å². The minimum Gasteiger partial charge on any atom is -0.378 e. The van der Waals surface area contributed by atoms with Crippen LogP contribution in [0.1, 0.15) is 169 Å². The van der Waals surface area contributed by atoms with Gasteiger partial charge in [0.15, 0.2) is 0 Å². The lowest BCUT2D eigenvalue weighted by Crippen LogP contribution is -2.52. The summed E-state index contributed by atoms with van der Waals surface area (Å²) in [6.07, 6.45) is 11.5. The Morgan fingerprint density at radius 3 is 1.55 bits per heavy atom. The van der Waals surface area contributed by atoms with Crippen molar-refractivity contribution in [3.63, 3.8) is 0 Å². The first-order valence-electron chi connectivity index (χ1n) is 25.4. The molecule has 358 valence electrons. The minimum absolute atomic E-state index is 0.589. The molecule has 3 fully saturated rings. The number of likely N-dealkylation sites (tertiary alicyclic amines) is 1. The fourth-order valence-electron chi connectivity index (χ4n) is 8.67. The first-order chi connectivity index (χ1) is 31.8. The van der Waals surface area contributed by atoms with E-state index in [9.17, 15) is 0 Å². The number of nitrogens with one attached hydrogen (secondary N) is 4. The Hall–Kier alpha value is -4.53. The molecule has 0 radical (unpaired) electrons. The number of aryl methyl sites for hydroxylation is 1. The third kappa shape index (κ3) is 17.0. The molecule has 5 aliphatic heterocycles. The van der Waals surface area contributed by atoms with Gasteiger partial charge in [0.25, 0.3) is 0 Å². The van der Waals surface area contributed by atoms with Gasteiger partial charge in [0.1, 0.15) is 0 Å². The molecular weight excluding hydrogens is 809 g/mol. The van der Waals surface area contributed by atoms with Gasteiger partial charge in [-0.15, -0.1) is 0 Å². The van der Waals surface area contributed by atoms with Crippen LogP contribution in [0.3, 0.4) is 0 Å². The van der Waals surface area contributed by atoms with Crippen molar-refractivity contribution < 1.29 is 4.74 Å². The Balaban J connectivity index is 0.000000156. The molecule has 0 amide bonds. The summed E-state index contributed by atoms with van der Waals surface area (Å²) in [5.74, 6) is 5.07. The van der Waals surface area contributed by atoms with E-state index in [1.165, 1.54) is 89.8 Å². The van der Waals surface area contributed by atoms with Gasteiger partial charge in [0.2, 0.25) is 0 Å². The van der Waals surface area contributed by atoms with E-state index < -0.39 is 0 Å². The third-order valence-corrected chi connectivity index (χ3v) is 13.7. The molecule has 5 heterocycles. The van der Waals surface area contributed by atoms with Crippen LogP contribution in [-0.4, -0.2) is 62.6 Å². The summed E-state index contributed by atoms with van der Waals surface area (Å²) >= 11 is 0. The fraction of sp³-hybridized carbons (Fsp3) is 0.508. The zero-order valence-electron chi connectivity index (χ0n) is 42.7. The van der Waals surface area contributed by atoms with Crippen LogP contribution in [0.25, 0.3) is 5.70 Å². The number of hydrogen-bond donors (Lipinski definition) is 4. The molecule has 0 spiro atoms. The van der Waals surface area contributed by atoms with Gasteiger partial charge < -0.3 is 20.9 Å². The Morgan fingerprint density at radius 2 is 1.14 bits per heavy atom. The number of rotatable bonds is 9. The Labute approximate surface area is 401 Å². The Bertz CT molecular complexity index is 2040. The molecule has 7 heteroatoms. The molecule has 7 nitrogen and oxygen atoms in total. The second-order valence-corrected chi connectivity index (χ2v) is 20.4. The SMILES string of the molecule is CC(C)C1CCN(C2COC2)CC1.CC(C)c1ccc(C2=CNNN2)cc1.CC(C)c1ccc(C2=NCC=C2)cc1.CC(C)c1ccc(C2CCCNC2)cc1.Cc1ccc(C(C)C)cc1. The van der Waals surface area contributed by atoms with Gasteiger partial charge in [-0.05, 0) is 133 Å². The lowest BCUT2D eigenvalue weighted by molar-refractivity contribution is -0.0753. The van der Waals surface area contributed by atoms with Crippen LogP contribution in [0.4, 0.5) is 0 Å². The van der Waals surface area contributed by atoms with Gasteiger partial charge in [-0.2, -0.15) is 5.53 Å². The highest BCUT2D eigenvalue weighted by Crippen LogP contribution is 2.28. The summed E-state index contributed by atoms with van der Waals surface area (Å²) in [6, 6.07) is 36.0. The van der Waals surface area contributed by atoms with Crippen molar-refractivity contribution in [1.29, 1.82) is 0 Å². The number of allylic oxidation sites excluding steroid dienone is 1. The molecule has 0 bridgehead atoms. The molecule has 4 N–H and O–H groups in total. The predicted octanol–water partition coefficient (Wildman–Crippen LogP) is 13.0. The standard InChI is InChI=1S/C14H21N.C13H15N.C11H15N3.C11H21NO.C10H14/c1-11(2)12-5-7-13(8-6-12)14-4-3-9-15-10-14;1-10(2)11-5-7-12(8-6-11)13-4-3-9-14-13;1-8(2)9-3-5-10(6-4-9)11-7-12-14-13-11;1-9(2)10-3-5-12(6-4-10)11-7-13-8-11;1-8(2)10-6-4-9(3)5-7-10/h5-8,11,14-15H,3-4,9-10H2,1-2H3;3-8,10H,9H2,1-2H3;3-8,12-14H,1-2H3;9-11H,3-8H2,1-2H3;4-8H,1-3H3. The molecule has 3 saturated heterocycles. The molecule has 0 aliphatic carbocycles. The van der Waals surface area contributed by atoms with Gasteiger partial charge >= 0.3 is 0 Å². The van der Waals surface area contributed by atoms with Crippen molar-refractivity contribution in [1.82, 2.24) is 26.6 Å². The Morgan fingerprint density at radius 1 is 0.621 bits per heavy atom. The highest BCUT2D eigenvalue weighted by Gasteiger charge is 2.30. The molecule has 5 aliphatic rings. The molecule has 66 heavy (non-hydrogen) atoms. The number of aliphatic imine (C=N–C) groups is 1. The lowest BCUT2D eigenvalue weighted by atomic mass is 9.86. The number of nitrogens with zero attached hydrogens (tertiary/aromatic N) is 2. The van der Waals surface area contributed by atoms with Crippen molar-refractivity contribution in [3.05, 3.63) is 160 Å². The zero-order chi connectivity index (χ0) is 47.4. The lowest BCUT2D eigenvalue weighted by Gasteiger charge is -2.42. The normalized spacial score (nSPS) is 18.4. The fourth-order valence-corrected chi connectivity index (χ4v) is 8.67. The van der Waals surface area contributed by atoms with Crippen molar-refractivity contribution in [2.75, 3.05) is 45.9 Å². The molecule has 0 aromatic heterocycles. The van der Waals surface area contributed by atoms with Crippen LogP contribution in [0.2, 0.25) is 0 Å². The van der Waals surface area contributed by atoms with E-state index in [1.807, 2.05) is 6.20 Å². The maximum atomic E-state index is 5.22. The molecule has 4 aromatic carbocycles. The van der Waals surface area contributed by atoms with E-state index >= 15 is 0 Å². The van der Waals surface area contributed by atoms with Crippen LogP contribution >= 0.6 is 0 Å². The number of ether oxygens (including phenoxy) is 1. The van der Waals surface area contributed by atoms with E-state index in [4.69, 9.17) is 4.74 Å². The zero-order valence-corrected chi connectivity index (χ0v) is 42.7. The molecule has 1 unspecified atom stereocenters. The van der Waals surface area contributed by atoms with Crippen LogP contribution < -0.4 is 21.7 Å². The average Bonchev–Trinajstić information content (AvgIpc) is 4.07. The second-order valence-electron chi connectivity index (χ2n) is 20.4. The largest absolute Gasteiger partial charge is 0.378 e. The van der Waals surface area contributed by atoms with Crippen molar-refractivity contribution >= 4 is 11.4 Å². The van der Waals surface area contributed by atoms with Crippen LogP contribution in [0, 0.1) is 18.8 Å². The average molecular weight is 895 g/mol. The van der Waals surface area contributed by atoms with E-state index in [0.29, 0.717) is 23.7 Å². The third-order valence-electron chi connectivity index (χ3n) is 13.7. The summed E-state index contributed by atoms with van der Waals surface area (Å²) < 4.78 is 5.22. The number of hydrogen-bond acceptors (Lipinski definition) is 7. The molecular formula is C59H86N6O. The van der Waals surface area contributed by atoms with E-state index in [1.54, 1.807) is 0 Å². The molecule has 4 aromatic rings. The van der Waals surface area contributed by atoms with Crippen LogP contribution in [-0.2, 0) is 4.74 Å². The van der Waals surface area contributed by atoms with E-state index in [2.05, 4.69) is 217 Å². The maximum Gasteiger partial charge on any atom is 0.0749 e. The Kier molecular flexibility index (Phi) is 21.7. The quantitative estimate of drug-likeness (QED) is 0.134. The van der Waals surface area contributed by atoms with Gasteiger partial charge in [-0.25, -0.2) is 0 Å². The first-order valence-corrected chi connectivity index (χ1v) is 25.4. The minimum atomic E-state index is 0.589. The van der Waals surface area contributed by atoms with E-state index in [-0.39, 0.29) is 0 Å². The van der Waals surface area contributed by atoms with Gasteiger partial charge in [0, 0.05) is 18.3 Å². The van der Waals surface area contributed by atoms with Crippen molar-refractivity contribution in [3.8, 4) is 0 Å². The smallest absolute Gasteiger partial charge is 0.0749 e. The van der Waals surface area contributed by atoms with Gasteiger partial charge in [-0.1, -0.05) is 178 Å². The van der Waals surface area contributed by atoms with E-state index in [0.717, 1.165) is 61.5 Å². The molecule has 0 saturated carbocycles. The number of hydrazine groups is 2. The van der Waals surface area contributed by atoms with Gasteiger partial charge in [-0.3, -0.25) is 9.89 Å². The monoisotopic (exact) mass is 895 g/mol. The molecule has 9 rings (SSSR count). The summed E-state index contributed by atoms with van der Waals surface area (Å²) in [4.78, 5) is 7.00. The summed E-state index contributed by atoms with van der Waals surface area (Å²) in [6.45, 7) is 32.3. The van der Waals surface area contributed by atoms with Crippen molar-refractivity contribution in [2.45, 2.75) is 137 Å². The predicted molar refractivity (Wildman–Crippen MR) is 283 cm³/mol. The number of benzene rings is 4.